The lowest BCUT2D eigenvalue weighted by Gasteiger charge is -2.10. The summed E-state index contributed by atoms with van der Waals surface area (Å²) in [5.74, 6) is 0.811. The molecule has 2 amide bonds. The molecule has 0 aliphatic carbocycles. The van der Waals surface area contributed by atoms with Crippen molar-refractivity contribution < 1.29 is 9.53 Å². The van der Waals surface area contributed by atoms with Gasteiger partial charge in [-0.25, -0.2) is 4.79 Å². The molecular formula is C18H21ClN2O2. The van der Waals surface area contributed by atoms with Crippen LogP contribution in [0.3, 0.4) is 0 Å². The summed E-state index contributed by atoms with van der Waals surface area (Å²) in [7, 11) is 0. The largest absolute Gasteiger partial charge is 0.492 e. The highest BCUT2D eigenvalue weighted by Crippen LogP contribution is 2.16. The first kappa shape index (κ1) is 17.2. The van der Waals surface area contributed by atoms with E-state index in [1.165, 1.54) is 11.1 Å². The molecule has 0 aliphatic rings. The number of halogens is 1. The Kier molecular flexibility index (Phi) is 6.29. The molecule has 23 heavy (non-hydrogen) atoms. The molecule has 122 valence electrons. The molecule has 0 radical (unpaired) electrons. The number of hydrogen-bond acceptors (Lipinski definition) is 2. The predicted molar refractivity (Wildman–Crippen MR) is 93.1 cm³/mol. The van der Waals surface area contributed by atoms with Gasteiger partial charge in [-0.05, 0) is 48.7 Å². The van der Waals surface area contributed by atoms with E-state index in [9.17, 15) is 4.79 Å². The van der Waals surface area contributed by atoms with Gasteiger partial charge in [0.15, 0.2) is 0 Å². The fourth-order valence-corrected chi connectivity index (χ4v) is 2.22. The molecule has 2 aromatic rings. The first-order valence-corrected chi connectivity index (χ1v) is 7.89. The second-order valence-corrected chi connectivity index (χ2v) is 5.70. The number of rotatable bonds is 6. The second-order valence-electron chi connectivity index (χ2n) is 5.30. The van der Waals surface area contributed by atoms with E-state index >= 15 is 0 Å². The quantitative estimate of drug-likeness (QED) is 0.790. The third-order valence-electron chi connectivity index (χ3n) is 3.53. The lowest BCUT2D eigenvalue weighted by molar-refractivity contribution is 0.236. The molecule has 0 saturated carbocycles. The average molecular weight is 333 g/mol. The van der Waals surface area contributed by atoms with Gasteiger partial charge in [-0.15, -0.1) is 0 Å². The van der Waals surface area contributed by atoms with E-state index in [4.69, 9.17) is 16.3 Å². The van der Waals surface area contributed by atoms with Crippen molar-refractivity contribution in [2.24, 2.45) is 0 Å². The minimum Gasteiger partial charge on any atom is -0.492 e. The highest BCUT2D eigenvalue weighted by Gasteiger charge is 2.03. The molecule has 2 aromatic carbocycles. The smallest absolute Gasteiger partial charge is 0.315 e. The summed E-state index contributed by atoms with van der Waals surface area (Å²) < 4.78 is 5.61. The Morgan fingerprint density at radius 2 is 1.87 bits per heavy atom. The van der Waals surface area contributed by atoms with Gasteiger partial charge >= 0.3 is 6.03 Å². The van der Waals surface area contributed by atoms with Crippen molar-refractivity contribution in [3.05, 3.63) is 64.2 Å². The summed E-state index contributed by atoms with van der Waals surface area (Å²) in [5, 5.41) is 6.16. The topological polar surface area (TPSA) is 50.4 Å². The van der Waals surface area contributed by atoms with Gasteiger partial charge in [-0.1, -0.05) is 35.9 Å². The number of urea groups is 1. The number of hydrogen-bond donors (Lipinski definition) is 2. The van der Waals surface area contributed by atoms with Crippen LogP contribution in [-0.2, 0) is 6.54 Å². The van der Waals surface area contributed by atoms with Crippen LogP contribution in [0.1, 0.15) is 16.7 Å². The number of ether oxygens (including phenoxy) is 1. The molecule has 0 aliphatic heterocycles. The molecule has 0 aromatic heterocycles. The summed E-state index contributed by atoms with van der Waals surface area (Å²) in [4.78, 5) is 11.7. The van der Waals surface area contributed by atoms with E-state index in [1.54, 1.807) is 6.07 Å². The number of benzene rings is 2. The van der Waals surface area contributed by atoms with Crippen molar-refractivity contribution in [1.29, 1.82) is 0 Å². The molecule has 0 saturated heterocycles. The van der Waals surface area contributed by atoms with E-state index in [0.29, 0.717) is 24.7 Å². The fraction of sp³-hybridized carbons (Fsp3) is 0.278. The minimum absolute atomic E-state index is 0.242. The molecule has 0 atom stereocenters. The summed E-state index contributed by atoms with van der Waals surface area (Å²) in [6.07, 6.45) is 0. The Morgan fingerprint density at radius 3 is 2.61 bits per heavy atom. The fourth-order valence-electron chi connectivity index (χ4n) is 2.02. The molecule has 0 unspecified atom stereocenters. The Morgan fingerprint density at radius 1 is 1.09 bits per heavy atom. The Balaban J connectivity index is 1.67. The zero-order valence-electron chi connectivity index (χ0n) is 13.4. The maximum atomic E-state index is 11.7. The van der Waals surface area contributed by atoms with E-state index < -0.39 is 0 Å². The van der Waals surface area contributed by atoms with Crippen LogP contribution in [0.25, 0.3) is 0 Å². The van der Waals surface area contributed by atoms with Gasteiger partial charge in [0, 0.05) is 11.6 Å². The molecule has 0 bridgehead atoms. The lowest BCUT2D eigenvalue weighted by atomic mass is 10.1. The average Bonchev–Trinajstić information content (AvgIpc) is 2.54. The third-order valence-corrected chi connectivity index (χ3v) is 3.90. The van der Waals surface area contributed by atoms with Crippen LogP contribution in [0.2, 0.25) is 5.02 Å². The SMILES string of the molecule is Cc1ccc(OCCNC(=O)NCc2ccccc2Cl)cc1C. The van der Waals surface area contributed by atoms with Gasteiger partial charge in [-0.2, -0.15) is 0 Å². The molecule has 0 heterocycles. The van der Waals surface area contributed by atoms with Gasteiger partial charge < -0.3 is 15.4 Å². The minimum atomic E-state index is -0.242. The molecule has 0 fully saturated rings. The number of nitrogens with one attached hydrogen (secondary N) is 2. The van der Waals surface area contributed by atoms with E-state index in [0.717, 1.165) is 11.3 Å². The van der Waals surface area contributed by atoms with Crippen LogP contribution in [-0.4, -0.2) is 19.2 Å². The van der Waals surface area contributed by atoms with Crippen LogP contribution in [0, 0.1) is 13.8 Å². The zero-order valence-corrected chi connectivity index (χ0v) is 14.1. The van der Waals surface area contributed by atoms with Gasteiger partial charge in [0.2, 0.25) is 0 Å². The van der Waals surface area contributed by atoms with E-state index in [2.05, 4.69) is 17.6 Å². The monoisotopic (exact) mass is 332 g/mol. The van der Waals surface area contributed by atoms with Crippen LogP contribution < -0.4 is 15.4 Å². The highest BCUT2D eigenvalue weighted by molar-refractivity contribution is 6.31. The summed E-state index contributed by atoms with van der Waals surface area (Å²) >= 11 is 6.03. The molecule has 2 N–H and O–H groups in total. The van der Waals surface area contributed by atoms with Crippen molar-refractivity contribution in [2.45, 2.75) is 20.4 Å². The van der Waals surface area contributed by atoms with E-state index in [-0.39, 0.29) is 6.03 Å². The van der Waals surface area contributed by atoms with Crippen LogP contribution in [0.15, 0.2) is 42.5 Å². The summed E-state index contributed by atoms with van der Waals surface area (Å²) in [6.45, 7) is 5.35. The third kappa shape index (κ3) is 5.49. The first-order chi connectivity index (χ1) is 11.1. The molecule has 2 rings (SSSR count). The highest BCUT2D eigenvalue weighted by atomic mass is 35.5. The van der Waals surface area contributed by atoms with Gasteiger partial charge in [-0.3, -0.25) is 0 Å². The number of aryl methyl sites for hydroxylation is 2. The Bertz CT molecular complexity index is 674. The standard InChI is InChI=1S/C18H21ClN2O2/c1-13-7-8-16(11-14(13)2)23-10-9-20-18(22)21-12-15-5-3-4-6-17(15)19/h3-8,11H,9-10,12H2,1-2H3,(H2,20,21,22). The molecular weight excluding hydrogens is 312 g/mol. The van der Waals surface area contributed by atoms with Crippen LogP contribution >= 0.6 is 11.6 Å². The number of carbonyl (C=O) groups excluding carboxylic acids is 1. The first-order valence-electron chi connectivity index (χ1n) is 7.51. The van der Waals surface area contributed by atoms with Crippen LogP contribution in [0.5, 0.6) is 5.75 Å². The Labute approximate surface area is 141 Å². The second kappa shape index (κ2) is 8.44. The van der Waals surface area contributed by atoms with Crippen molar-refractivity contribution in [2.75, 3.05) is 13.2 Å². The normalized spacial score (nSPS) is 10.2. The number of amides is 2. The molecule has 5 heteroatoms. The maximum Gasteiger partial charge on any atom is 0.315 e. The van der Waals surface area contributed by atoms with Gasteiger partial charge in [0.05, 0.1) is 6.54 Å². The summed E-state index contributed by atoms with van der Waals surface area (Å²) in [6, 6.07) is 13.1. The predicted octanol–water partition coefficient (Wildman–Crippen LogP) is 3.84. The van der Waals surface area contributed by atoms with Gasteiger partial charge in [0.25, 0.3) is 0 Å². The van der Waals surface area contributed by atoms with Crippen molar-refractivity contribution in [3.8, 4) is 5.75 Å². The summed E-state index contributed by atoms with van der Waals surface area (Å²) in [5.41, 5.74) is 3.30. The van der Waals surface area contributed by atoms with Crippen molar-refractivity contribution in [1.82, 2.24) is 10.6 Å². The number of carbonyl (C=O) groups is 1. The van der Waals surface area contributed by atoms with Crippen molar-refractivity contribution in [3.63, 3.8) is 0 Å². The molecule has 4 nitrogen and oxygen atoms in total. The van der Waals surface area contributed by atoms with Gasteiger partial charge in [0.1, 0.15) is 12.4 Å². The van der Waals surface area contributed by atoms with Crippen molar-refractivity contribution >= 4 is 17.6 Å². The Hall–Kier alpha value is -2.20. The lowest BCUT2D eigenvalue weighted by Crippen LogP contribution is -2.37. The van der Waals surface area contributed by atoms with E-state index in [1.807, 2.05) is 43.3 Å². The molecule has 0 spiro atoms. The zero-order chi connectivity index (χ0) is 16.7. The maximum absolute atomic E-state index is 11.7. The van der Waals surface area contributed by atoms with Crippen LogP contribution in [0.4, 0.5) is 4.79 Å².